The smallest absolute Gasteiger partial charge is 0.0241 e. The fourth-order valence-electron chi connectivity index (χ4n) is 1.74. The average Bonchev–Trinajstić information content (AvgIpc) is 2.27. The summed E-state index contributed by atoms with van der Waals surface area (Å²) in [5.41, 5.74) is 1.35. The van der Waals surface area contributed by atoms with Crippen molar-refractivity contribution in [2.24, 2.45) is 0 Å². The zero-order chi connectivity index (χ0) is 12.7. The van der Waals surface area contributed by atoms with E-state index in [0.717, 1.165) is 19.6 Å². The van der Waals surface area contributed by atoms with Gasteiger partial charge in [0.1, 0.15) is 0 Å². The quantitative estimate of drug-likeness (QED) is 0.777. The number of nitrogens with one attached hydrogen (secondary N) is 1. The summed E-state index contributed by atoms with van der Waals surface area (Å²) in [6, 6.07) is 9.01. The van der Waals surface area contributed by atoms with E-state index in [1.54, 1.807) is 0 Å². The fourth-order valence-corrected chi connectivity index (χ4v) is 2.15. The fraction of sp³-hybridized carbons (Fsp3) is 0.571. The number of benzene rings is 1. The molecule has 0 unspecified atom stereocenters. The molecule has 1 aromatic carbocycles. The summed E-state index contributed by atoms with van der Waals surface area (Å²) in [6.07, 6.45) is 1.19. The molecule has 1 rings (SSSR count). The molecule has 0 bridgehead atoms. The van der Waals surface area contributed by atoms with E-state index >= 15 is 0 Å². The van der Waals surface area contributed by atoms with E-state index in [2.05, 4.69) is 71.3 Å². The summed E-state index contributed by atoms with van der Waals surface area (Å²) in [5, 5.41) is 3.44. The van der Waals surface area contributed by atoms with Crippen LogP contribution >= 0.6 is 15.9 Å². The third-order valence-corrected chi connectivity index (χ3v) is 3.44. The van der Waals surface area contributed by atoms with E-state index < -0.39 is 0 Å². The molecule has 0 radical (unpaired) electrons. The Bertz CT molecular complexity index is 326. The van der Waals surface area contributed by atoms with Crippen molar-refractivity contribution in [2.45, 2.75) is 32.9 Å². The highest BCUT2D eigenvalue weighted by molar-refractivity contribution is 9.10. The van der Waals surface area contributed by atoms with Crippen LogP contribution < -0.4 is 5.32 Å². The Morgan fingerprint density at radius 3 is 2.65 bits per heavy atom. The molecular weight excluding hydrogens is 276 g/mol. The van der Waals surface area contributed by atoms with Crippen LogP contribution in [0.2, 0.25) is 0 Å². The lowest BCUT2D eigenvalue weighted by molar-refractivity contribution is 0.317. The molecule has 0 aliphatic heterocycles. The molecule has 0 atom stereocenters. The lowest BCUT2D eigenvalue weighted by Crippen LogP contribution is -2.27. The summed E-state index contributed by atoms with van der Waals surface area (Å²) in [7, 11) is 2.18. The van der Waals surface area contributed by atoms with Gasteiger partial charge in [-0.15, -0.1) is 0 Å². The maximum absolute atomic E-state index is 3.59. The van der Waals surface area contributed by atoms with Crippen LogP contribution in [-0.4, -0.2) is 31.1 Å². The summed E-state index contributed by atoms with van der Waals surface area (Å²) in [5.74, 6) is 0. The minimum atomic E-state index is 0.587. The van der Waals surface area contributed by atoms with Crippen LogP contribution in [0.4, 0.5) is 0 Å². The van der Waals surface area contributed by atoms with Gasteiger partial charge in [0.2, 0.25) is 0 Å². The van der Waals surface area contributed by atoms with Crippen LogP contribution in [0, 0.1) is 0 Å². The van der Waals surface area contributed by atoms with Crippen molar-refractivity contribution in [3.63, 3.8) is 0 Å². The molecule has 1 aromatic rings. The highest BCUT2D eigenvalue weighted by Gasteiger charge is 2.03. The second kappa shape index (κ2) is 7.85. The van der Waals surface area contributed by atoms with Crippen LogP contribution in [-0.2, 0) is 6.54 Å². The van der Waals surface area contributed by atoms with E-state index in [-0.39, 0.29) is 0 Å². The minimum absolute atomic E-state index is 0.587. The predicted octanol–water partition coefficient (Wildman–Crippen LogP) is 3.27. The SMILES string of the molecule is CC(C)NCCCN(C)Cc1ccccc1Br. The molecule has 2 nitrogen and oxygen atoms in total. The summed E-state index contributed by atoms with van der Waals surface area (Å²) in [4.78, 5) is 2.36. The zero-order valence-electron chi connectivity index (χ0n) is 11.0. The van der Waals surface area contributed by atoms with Gasteiger partial charge in [0, 0.05) is 17.1 Å². The van der Waals surface area contributed by atoms with Gasteiger partial charge in [0.15, 0.2) is 0 Å². The van der Waals surface area contributed by atoms with Gasteiger partial charge in [-0.2, -0.15) is 0 Å². The monoisotopic (exact) mass is 298 g/mol. The van der Waals surface area contributed by atoms with Crippen molar-refractivity contribution in [3.05, 3.63) is 34.3 Å². The maximum Gasteiger partial charge on any atom is 0.0241 e. The first-order valence-corrected chi connectivity index (χ1v) is 7.04. The Morgan fingerprint density at radius 1 is 1.29 bits per heavy atom. The molecular formula is C14H23BrN2. The molecule has 0 amide bonds. The molecule has 1 N–H and O–H groups in total. The van der Waals surface area contributed by atoms with Gasteiger partial charge in [-0.25, -0.2) is 0 Å². The Hall–Kier alpha value is -0.380. The van der Waals surface area contributed by atoms with Gasteiger partial charge in [-0.1, -0.05) is 48.0 Å². The van der Waals surface area contributed by atoms with Gasteiger partial charge in [0.25, 0.3) is 0 Å². The maximum atomic E-state index is 3.59. The van der Waals surface area contributed by atoms with E-state index in [1.807, 2.05) is 0 Å². The van der Waals surface area contributed by atoms with Crippen molar-refractivity contribution in [3.8, 4) is 0 Å². The first kappa shape index (κ1) is 14.7. The molecule has 0 saturated carbocycles. The first-order valence-electron chi connectivity index (χ1n) is 6.25. The molecule has 0 aliphatic rings. The molecule has 0 aliphatic carbocycles. The lowest BCUT2D eigenvalue weighted by Gasteiger charge is -2.18. The molecule has 17 heavy (non-hydrogen) atoms. The number of hydrogen-bond donors (Lipinski definition) is 1. The zero-order valence-corrected chi connectivity index (χ0v) is 12.6. The predicted molar refractivity (Wildman–Crippen MR) is 78.2 cm³/mol. The van der Waals surface area contributed by atoms with E-state index in [9.17, 15) is 0 Å². The first-order chi connectivity index (χ1) is 8.09. The van der Waals surface area contributed by atoms with Crippen molar-refractivity contribution >= 4 is 15.9 Å². The average molecular weight is 299 g/mol. The topological polar surface area (TPSA) is 15.3 Å². The van der Waals surface area contributed by atoms with Crippen LogP contribution in [0.1, 0.15) is 25.8 Å². The second-order valence-electron chi connectivity index (χ2n) is 4.79. The van der Waals surface area contributed by atoms with Crippen LogP contribution in [0.5, 0.6) is 0 Å². The van der Waals surface area contributed by atoms with E-state index in [1.165, 1.54) is 16.5 Å². The number of hydrogen-bond acceptors (Lipinski definition) is 2. The van der Waals surface area contributed by atoms with Gasteiger partial charge in [0.05, 0.1) is 0 Å². The van der Waals surface area contributed by atoms with Gasteiger partial charge >= 0.3 is 0 Å². The van der Waals surface area contributed by atoms with Crippen molar-refractivity contribution in [1.82, 2.24) is 10.2 Å². The van der Waals surface area contributed by atoms with Crippen LogP contribution in [0.25, 0.3) is 0 Å². The molecule has 0 heterocycles. The lowest BCUT2D eigenvalue weighted by atomic mass is 10.2. The Morgan fingerprint density at radius 2 is 2.00 bits per heavy atom. The molecule has 0 saturated heterocycles. The van der Waals surface area contributed by atoms with E-state index in [4.69, 9.17) is 0 Å². The normalized spacial score (nSPS) is 11.4. The Kier molecular flexibility index (Phi) is 6.78. The molecule has 0 spiro atoms. The Balaban J connectivity index is 2.25. The van der Waals surface area contributed by atoms with Crippen molar-refractivity contribution in [2.75, 3.05) is 20.1 Å². The van der Waals surface area contributed by atoms with E-state index in [0.29, 0.717) is 6.04 Å². The standard InChI is InChI=1S/C14H23BrN2/c1-12(2)16-9-6-10-17(3)11-13-7-4-5-8-14(13)15/h4-5,7-8,12,16H,6,9-11H2,1-3H3. The molecule has 0 aromatic heterocycles. The summed E-state index contributed by atoms with van der Waals surface area (Å²) >= 11 is 3.59. The third-order valence-electron chi connectivity index (χ3n) is 2.67. The minimum Gasteiger partial charge on any atom is -0.314 e. The Labute approximate surface area is 114 Å². The number of nitrogens with zero attached hydrogens (tertiary/aromatic N) is 1. The molecule has 96 valence electrons. The second-order valence-corrected chi connectivity index (χ2v) is 5.65. The highest BCUT2D eigenvalue weighted by Crippen LogP contribution is 2.17. The largest absolute Gasteiger partial charge is 0.314 e. The summed E-state index contributed by atoms with van der Waals surface area (Å²) < 4.78 is 1.20. The van der Waals surface area contributed by atoms with Crippen molar-refractivity contribution < 1.29 is 0 Å². The summed E-state index contributed by atoms with van der Waals surface area (Å²) in [6.45, 7) is 7.59. The van der Waals surface area contributed by atoms with Gasteiger partial charge in [-0.05, 0) is 38.2 Å². The van der Waals surface area contributed by atoms with Crippen LogP contribution in [0.3, 0.4) is 0 Å². The third kappa shape index (κ3) is 6.20. The number of rotatable bonds is 7. The number of halogens is 1. The highest BCUT2D eigenvalue weighted by atomic mass is 79.9. The van der Waals surface area contributed by atoms with Crippen molar-refractivity contribution in [1.29, 1.82) is 0 Å². The molecule has 0 fully saturated rings. The molecule has 3 heteroatoms. The van der Waals surface area contributed by atoms with Gasteiger partial charge < -0.3 is 10.2 Å². The van der Waals surface area contributed by atoms with Gasteiger partial charge in [-0.3, -0.25) is 0 Å². The van der Waals surface area contributed by atoms with Crippen LogP contribution in [0.15, 0.2) is 28.7 Å².